The SMILES string of the molecule is CCc1ccc(NC(N)=NCCc2c[nH]c3ccc(F)cc23)cc1. The van der Waals surface area contributed by atoms with Crippen LogP contribution in [0.25, 0.3) is 10.9 Å². The van der Waals surface area contributed by atoms with Crippen molar-refractivity contribution in [3.05, 3.63) is 65.6 Å². The Labute approximate surface area is 140 Å². The third-order valence-electron chi connectivity index (χ3n) is 4.03. The van der Waals surface area contributed by atoms with Crippen molar-refractivity contribution in [1.29, 1.82) is 0 Å². The Kier molecular flexibility index (Phi) is 4.79. The molecule has 0 spiro atoms. The van der Waals surface area contributed by atoms with E-state index in [1.807, 2.05) is 18.3 Å². The van der Waals surface area contributed by atoms with Gasteiger partial charge in [-0.15, -0.1) is 0 Å². The van der Waals surface area contributed by atoms with Crippen molar-refractivity contribution in [1.82, 2.24) is 4.98 Å². The van der Waals surface area contributed by atoms with E-state index >= 15 is 0 Å². The summed E-state index contributed by atoms with van der Waals surface area (Å²) in [5.74, 6) is 0.147. The number of aliphatic imine (C=N–C) groups is 1. The summed E-state index contributed by atoms with van der Waals surface area (Å²) in [4.78, 5) is 7.48. The summed E-state index contributed by atoms with van der Waals surface area (Å²) in [6.07, 6.45) is 3.60. The van der Waals surface area contributed by atoms with E-state index < -0.39 is 0 Å². The molecule has 124 valence electrons. The highest BCUT2D eigenvalue weighted by molar-refractivity contribution is 5.92. The number of benzene rings is 2. The lowest BCUT2D eigenvalue weighted by Crippen LogP contribution is -2.23. The highest BCUT2D eigenvalue weighted by atomic mass is 19.1. The number of hydrogen-bond donors (Lipinski definition) is 3. The maximum Gasteiger partial charge on any atom is 0.193 e. The lowest BCUT2D eigenvalue weighted by atomic mass is 10.1. The molecule has 0 radical (unpaired) electrons. The summed E-state index contributed by atoms with van der Waals surface area (Å²) in [6.45, 7) is 2.66. The Morgan fingerprint density at radius 2 is 2.00 bits per heavy atom. The van der Waals surface area contributed by atoms with Crippen LogP contribution in [-0.4, -0.2) is 17.5 Å². The molecule has 0 atom stereocenters. The van der Waals surface area contributed by atoms with E-state index in [1.54, 1.807) is 12.1 Å². The number of hydrogen-bond acceptors (Lipinski definition) is 1. The minimum atomic E-state index is -0.233. The molecule has 5 heteroatoms. The van der Waals surface area contributed by atoms with Gasteiger partial charge in [0.15, 0.2) is 5.96 Å². The van der Waals surface area contributed by atoms with Crippen molar-refractivity contribution in [2.24, 2.45) is 10.7 Å². The molecule has 0 unspecified atom stereocenters. The largest absolute Gasteiger partial charge is 0.370 e. The van der Waals surface area contributed by atoms with Gasteiger partial charge in [-0.3, -0.25) is 4.99 Å². The van der Waals surface area contributed by atoms with Crippen LogP contribution >= 0.6 is 0 Å². The zero-order valence-electron chi connectivity index (χ0n) is 13.6. The number of anilines is 1. The number of aryl methyl sites for hydroxylation is 1. The summed E-state index contributed by atoms with van der Waals surface area (Å²) >= 11 is 0. The van der Waals surface area contributed by atoms with Crippen LogP contribution in [0.1, 0.15) is 18.1 Å². The number of H-pyrrole nitrogens is 1. The molecule has 4 nitrogen and oxygen atoms in total. The maximum absolute atomic E-state index is 13.4. The first kappa shape index (κ1) is 16.1. The summed E-state index contributed by atoms with van der Waals surface area (Å²) in [6, 6.07) is 12.8. The van der Waals surface area contributed by atoms with Crippen LogP contribution in [0.3, 0.4) is 0 Å². The second-order valence-electron chi connectivity index (χ2n) is 5.70. The molecular formula is C19H21FN4. The zero-order valence-corrected chi connectivity index (χ0v) is 13.6. The molecule has 0 aliphatic rings. The van der Waals surface area contributed by atoms with E-state index in [1.165, 1.54) is 11.6 Å². The molecular weight excluding hydrogens is 303 g/mol. The van der Waals surface area contributed by atoms with Crippen molar-refractivity contribution >= 4 is 22.5 Å². The molecule has 3 rings (SSSR count). The second kappa shape index (κ2) is 7.17. The molecule has 0 aliphatic carbocycles. The molecule has 24 heavy (non-hydrogen) atoms. The van der Waals surface area contributed by atoms with Crippen LogP contribution in [0, 0.1) is 5.82 Å². The first-order valence-corrected chi connectivity index (χ1v) is 8.07. The number of fused-ring (bicyclic) bond motifs is 1. The average molecular weight is 324 g/mol. The van der Waals surface area contributed by atoms with Gasteiger partial charge in [0.2, 0.25) is 0 Å². The molecule has 1 aromatic heterocycles. The lowest BCUT2D eigenvalue weighted by molar-refractivity contribution is 0.629. The quantitative estimate of drug-likeness (QED) is 0.493. The summed E-state index contributed by atoms with van der Waals surface area (Å²) in [7, 11) is 0. The lowest BCUT2D eigenvalue weighted by Gasteiger charge is -2.06. The highest BCUT2D eigenvalue weighted by Gasteiger charge is 2.04. The van der Waals surface area contributed by atoms with Crippen LogP contribution in [-0.2, 0) is 12.8 Å². The van der Waals surface area contributed by atoms with Gasteiger partial charge in [0.05, 0.1) is 0 Å². The van der Waals surface area contributed by atoms with Crippen LogP contribution < -0.4 is 11.1 Å². The third kappa shape index (κ3) is 3.74. The Bertz CT molecular complexity index is 849. The highest BCUT2D eigenvalue weighted by Crippen LogP contribution is 2.19. The van der Waals surface area contributed by atoms with E-state index in [0.29, 0.717) is 18.9 Å². The monoisotopic (exact) mass is 324 g/mol. The molecule has 0 saturated carbocycles. The summed E-state index contributed by atoms with van der Waals surface area (Å²) in [5.41, 5.74) is 10.1. The van der Waals surface area contributed by atoms with E-state index in [-0.39, 0.29) is 5.82 Å². The minimum Gasteiger partial charge on any atom is -0.370 e. The predicted molar refractivity (Wildman–Crippen MR) is 97.9 cm³/mol. The first-order chi connectivity index (χ1) is 11.7. The molecule has 0 aliphatic heterocycles. The second-order valence-corrected chi connectivity index (χ2v) is 5.70. The molecule has 4 N–H and O–H groups in total. The van der Waals surface area contributed by atoms with Crippen molar-refractivity contribution < 1.29 is 4.39 Å². The maximum atomic E-state index is 13.4. The standard InChI is InChI=1S/C19H21FN4/c1-2-13-3-6-16(7-4-13)24-19(21)22-10-9-14-12-23-18-8-5-15(20)11-17(14)18/h3-8,11-12,23H,2,9-10H2,1H3,(H3,21,22,24). The number of halogens is 1. The van der Waals surface area contributed by atoms with Crippen LogP contribution in [0.5, 0.6) is 0 Å². The summed E-state index contributed by atoms with van der Waals surface area (Å²) in [5, 5.41) is 3.97. The Hall–Kier alpha value is -2.82. The number of nitrogens with two attached hydrogens (primary N) is 1. The van der Waals surface area contributed by atoms with Gasteiger partial charge in [0.25, 0.3) is 0 Å². The van der Waals surface area contributed by atoms with Crippen molar-refractivity contribution in [2.45, 2.75) is 19.8 Å². The normalized spacial score (nSPS) is 11.8. The number of nitrogens with zero attached hydrogens (tertiary/aromatic N) is 1. The van der Waals surface area contributed by atoms with Gasteiger partial charge in [-0.2, -0.15) is 0 Å². The third-order valence-corrected chi connectivity index (χ3v) is 4.03. The number of aromatic amines is 1. The van der Waals surface area contributed by atoms with Gasteiger partial charge in [-0.1, -0.05) is 19.1 Å². The van der Waals surface area contributed by atoms with Gasteiger partial charge in [0, 0.05) is 29.3 Å². The number of nitrogens with one attached hydrogen (secondary N) is 2. The fourth-order valence-electron chi connectivity index (χ4n) is 2.67. The van der Waals surface area contributed by atoms with Crippen molar-refractivity contribution in [2.75, 3.05) is 11.9 Å². The van der Waals surface area contributed by atoms with Gasteiger partial charge in [-0.25, -0.2) is 4.39 Å². The molecule has 0 fully saturated rings. The van der Waals surface area contributed by atoms with Gasteiger partial charge in [0.1, 0.15) is 5.82 Å². The van der Waals surface area contributed by atoms with E-state index in [4.69, 9.17) is 5.73 Å². The molecule has 2 aromatic carbocycles. The average Bonchev–Trinajstić information content (AvgIpc) is 2.98. The number of guanidine groups is 1. The van der Waals surface area contributed by atoms with Crippen LogP contribution in [0.15, 0.2) is 53.7 Å². The van der Waals surface area contributed by atoms with E-state index in [0.717, 1.165) is 28.6 Å². The molecule has 0 saturated heterocycles. The smallest absolute Gasteiger partial charge is 0.193 e. The number of rotatable bonds is 5. The molecule has 0 amide bonds. The molecule has 0 bridgehead atoms. The Morgan fingerprint density at radius 3 is 2.75 bits per heavy atom. The van der Waals surface area contributed by atoms with E-state index in [9.17, 15) is 4.39 Å². The Morgan fingerprint density at radius 1 is 1.21 bits per heavy atom. The number of aromatic nitrogens is 1. The zero-order chi connectivity index (χ0) is 16.9. The van der Waals surface area contributed by atoms with Crippen molar-refractivity contribution in [3.8, 4) is 0 Å². The van der Waals surface area contributed by atoms with Gasteiger partial charge in [-0.05, 0) is 54.3 Å². The fraction of sp³-hybridized carbons (Fsp3) is 0.211. The van der Waals surface area contributed by atoms with Crippen LogP contribution in [0.4, 0.5) is 10.1 Å². The van der Waals surface area contributed by atoms with Crippen molar-refractivity contribution in [3.63, 3.8) is 0 Å². The molecule has 1 heterocycles. The van der Waals surface area contributed by atoms with Gasteiger partial charge < -0.3 is 16.0 Å². The summed E-state index contributed by atoms with van der Waals surface area (Å²) < 4.78 is 13.4. The first-order valence-electron chi connectivity index (χ1n) is 8.07. The fourth-order valence-corrected chi connectivity index (χ4v) is 2.67. The Balaban J connectivity index is 1.61. The minimum absolute atomic E-state index is 0.233. The van der Waals surface area contributed by atoms with Gasteiger partial charge >= 0.3 is 0 Å². The van der Waals surface area contributed by atoms with E-state index in [2.05, 4.69) is 34.3 Å². The predicted octanol–water partition coefficient (Wildman–Crippen LogP) is 3.84. The van der Waals surface area contributed by atoms with Crippen LogP contribution in [0.2, 0.25) is 0 Å². The topological polar surface area (TPSA) is 66.2 Å². The molecule has 3 aromatic rings.